The van der Waals surface area contributed by atoms with Gasteiger partial charge in [0.15, 0.2) is 0 Å². The van der Waals surface area contributed by atoms with Crippen molar-refractivity contribution in [2.45, 2.75) is 18.4 Å². The van der Waals surface area contributed by atoms with E-state index < -0.39 is 12.0 Å². The standard InChI is InChI=1S/C20H16Cl2N2O3/c21-10-4-6-14(16(22)8-10)19(25)23-11-5-7-17-15(9-11)12-2-1-3-13(12)18(24-17)20(26)27/h1-2,4-9,12-13,18,24H,3H2,(H,23,25)(H,26,27)/t12-,13-,18-/m1/s1. The van der Waals surface area contributed by atoms with E-state index in [4.69, 9.17) is 23.2 Å². The van der Waals surface area contributed by atoms with Crippen LogP contribution in [0.4, 0.5) is 11.4 Å². The molecule has 138 valence electrons. The van der Waals surface area contributed by atoms with E-state index in [0.717, 1.165) is 11.3 Å². The molecular weight excluding hydrogens is 387 g/mol. The Morgan fingerprint density at radius 1 is 1.15 bits per heavy atom. The molecular formula is C20H16Cl2N2O3. The topological polar surface area (TPSA) is 78.4 Å². The zero-order chi connectivity index (χ0) is 19.1. The molecule has 0 fully saturated rings. The van der Waals surface area contributed by atoms with E-state index in [1.165, 1.54) is 6.07 Å². The number of hydrogen-bond acceptors (Lipinski definition) is 3. The lowest BCUT2D eigenvalue weighted by molar-refractivity contribution is -0.139. The Morgan fingerprint density at radius 3 is 2.70 bits per heavy atom. The number of carboxylic acid groups (broad SMARTS) is 1. The van der Waals surface area contributed by atoms with Gasteiger partial charge in [0, 0.05) is 28.2 Å². The second-order valence-corrected chi connectivity index (χ2v) is 7.54. The molecule has 2 aliphatic rings. The van der Waals surface area contributed by atoms with E-state index in [-0.39, 0.29) is 22.8 Å². The summed E-state index contributed by atoms with van der Waals surface area (Å²) in [7, 11) is 0. The van der Waals surface area contributed by atoms with Gasteiger partial charge in [-0.3, -0.25) is 4.79 Å². The number of anilines is 2. The molecule has 1 amide bonds. The maximum Gasteiger partial charge on any atom is 0.326 e. The maximum absolute atomic E-state index is 12.5. The first-order valence-corrected chi connectivity index (χ1v) is 9.26. The first-order chi connectivity index (χ1) is 12.9. The summed E-state index contributed by atoms with van der Waals surface area (Å²) in [5.41, 5.74) is 2.71. The molecule has 3 atom stereocenters. The molecule has 1 aliphatic heterocycles. The van der Waals surface area contributed by atoms with Crippen LogP contribution in [-0.2, 0) is 4.79 Å². The summed E-state index contributed by atoms with van der Waals surface area (Å²) in [5, 5.41) is 16.2. The number of benzene rings is 2. The van der Waals surface area contributed by atoms with Gasteiger partial charge in [0.25, 0.3) is 5.91 Å². The summed E-state index contributed by atoms with van der Waals surface area (Å²) >= 11 is 12.0. The fraction of sp³-hybridized carbons (Fsp3) is 0.200. The van der Waals surface area contributed by atoms with Crippen molar-refractivity contribution in [1.82, 2.24) is 0 Å². The number of carbonyl (C=O) groups is 2. The largest absolute Gasteiger partial charge is 0.480 e. The molecule has 0 bridgehead atoms. The van der Waals surface area contributed by atoms with Crippen molar-refractivity contribution in [2.24, 2.45) is 5.92 Å². The SMILES string of the molecule is O=C(Nc1ccc2c(c1)[C@@H]1C=CC[C@H]1[C@H](C(=O)O)N2)c1ccc(Cl)cc1Cl. The van der Waals surface area contributed by atoms with Gasteiger partial charge >= 0.3 is 5.97 Å². The molecule has 27 heavy (non-hydrogen) atoms. The molecule has 2 aromatic carbocycles. The van der Waals surface area contributed by atoms with Gasteiger partial charge < -0.3 is 15.7 Å². The van der Waals surface area contributed by atoms with E-state index in [2.05, 4.69) is 10.6 Å². The predicted octanol–water partition coefficient (Wildman–Crippen LogP) is 4.78. The molecule has 2 aromatic rings. The van der Waals surface area contributed by atoms with Crippen LogP contribution in [0.3, 0.4) is 0 Å². The fourth-order valence-electron chi connectivity index (χ4n) is 3.79. The van der Waals surface area contributed by atoms with Gasteiger partial charge in [0.1, 0.15) is 6.04 Å². The summed E-state index contributed by atoms with van der Waals surface area (Å²) < 4.78 is 0. The molecule has 5 nitrogen and oxygen atoms in total. The second kappa shape index (κ2) is 6.91. The van der Waals surface area contributed by atoms with Crippen LogP contribution in [0.25, 0.3) is 0 Å². The van der Waals surface area contributed by atoms with Crippen LogP contribution < -0.4 is 10.6 Å². The van der Waals surface area contributed by atoms with Crippen molar-refractivity contribution in [3.05, 3.63) is 69.7 Å². The van der Waals surface area contributed by atoms with E-state index in [1.807, 2.05) is 18.2 Å². The normalized spacial score (nSPS) is 22.5. The van der Waals surface area contributed by atoms with Gasteiger partial charge in [-0.15, -0.1) is 0 Å². The van der Waals surface area contributed by atoms with Gasteiger partial charge in [-0.2, -0.15) is 0 Å². The molecule has 0 saturated carbocycles. The van der Waals surface area contributed by atoms with Crippen molar-refractivity contribution in [3.63, 3.8) is 0 Å². The highest BCUT2D eigenvalue weighted by molar-refractivity contribution is 6.37. The molecule has 1 aliphatic carbocycles. The summed E-state index contributed by atoms with van der Waals surface area (Å²) in [5.74, 6) is -1.21. The molecule has 0 spiro atoms. The number of carbonyl (C=O) groups excluding carboxylic acids is 1. The number of rotatable bonds is 3. The van der Waals surface area contributed by atoms with Crippen LogP contribution >= 0.6 is 23.2 Å². The molecule has 1 heterocycles. The minimum absolute atomic E-state index is 0.0123. The number of allylic oxidation sites excluding steroid dienone is 2. The zero-order valence-corrected chi connectivity index (χ0v) is 15.6. The molecule has 0 saturated heterocycles. The molecule has 3 N–H and O–H groups in total. The van der Waals surface area contributed by atoms with Crippen LogP contribution in [0.5, 0.6) is 0 Å². The Kier molecular flexibility index (Phi) is 4.58. The number of halogens is 2. The van der Waals surface area contributed by atoms with Crippen molar-refractivity contribution in [1.29, 1.82) is 0 Å². The second-order valence-electron chi connectivity index (χ2n) is 6.69. The average molecular weight is 403 g/mol. The van der Waals surface area contributed by atoms with Gasteiger partial charge in [-0.05, 0) is 48.4 Å². The fourth-order valence-corrected chi connectivity index (χ4v) is 4.28. The van der Waals surface area contributed by atoms with Crippen LogP contribution in [0, 0.1) is 5.92 Å². The lowest BCUT2D eigenvalue weighted by Gasteiger charge is -2.35. The lowest BCUT2D eigenvalue weighted by Crippen LogP contribution is -2.41. The Balaban J connectivity index is 1.62. The third kappa shape index (κ3) is 3.29. The highest BCUT2D eigenvalue weighted by Gasteiger charge is 2.40. The predicted molar refractivity (Wildman–Crippen MR) is 106 cm³/mol. The highest BCUT2D eigenvalue weighted by Crippen LogP contribution is 2.45. The number of hydrogen-bond donors (Lipinski definition) is 3. The van der Waals surface area contributed by atoms with Crippen molar-refractivity contribution >= 4 is 46.5 Å². The molecule has 0 unspecified atom stereocenters. The zero-order valence-electron chi connectivity index (χ0n) is 14.1. The van der Waals surface area contributed by atoms with E-state index in [0.29, 0.717) is 22.7 Å². The Bertz CT molecular complexity index is 974. The molecule has 4 rings (SSSR count). The van der Waals surface area contributed by atoms with Crippen LogP contribution in [0.2, 0.25) is 10.0 Å². The number of carboxylic acids is 1. The molecule has 7 heteroatoms. The third-order valence-electron chi connectivity index (χ3n) is 5.06. The summed E-state index contributed by atoms with van der Waals surface area (Å²) in [6.07, 6.45) is 4.77. The maximum atomic E-state index is 12.5. The average Bonchev–Trinajstić information content (AvgIpc) is 3.10. The first kappa shape index (κ1) is 17.9. The van der Waals surface area contributed by atoms with Crippen molar-refractivity contribution in [3.8, 4) is 0 Å². The highest BCUT2D eigenvalue weighted by atomic mass is 35.5. The van der Waals surface area contributed by atoms with E-state index in [1.54, 1.807) is 24.3 Å². The number of amides is 1. The first-order valence-electron chi connectivity index (χ1n) is 8.50. The number of nitrogens with one attached hydrogen (secondary N) is 2. The summed E-state index contributed by atoms with van der Waals surface area (Å²) in [6, 6.07) is 9.51. The smallest absolute Gasteiger partial charge is 0.326 e. The summed E-state index contributed by atoms with van der Waals surface area (Å²) in [6.45, 7) is 0. The summed E-state index contributed by atoms with van der Waals surface area (Å²) in [4.78, 5) is 24.1. The monoisotopic (exact) mass is 402 g/mol. The van der Waals surface area contributed by atoms with Gasteiger partial charge in [0.05, 0.1) is 10.6 Å². The van der Waals surface area contributed by atoms with Crippen molar-refractivity contribution < 1.29 is 14.7 Å². The molecule has 0 radical (unpaired) electrons. The van der Waals surface area contributed by atoms with Crippen LogP contribution in [0.1, 0.15) is 28.3 Å². The minimum Gasteiger partial charge on any atom is -0.480 e. The van der Waals surface area contributed by atoms with E-state index >= 15 is 0 Å². The minimum atomic E-state index is -0.853. The number of aliphatic carboxylic acids is 1. The lowest BCUT2D eigenvalue weighted by atomic mass is 9.79. The van der Waals surface area contributed by atoms with Crippen molar-refractivity contribution in [2.75, 3.05) is 10.6 Å². The van der Waals surface area contributed by atoms with Gasteiger partial charge in [-0.1, -0.05) is 35.4 Å². The Hall–Kier alpha value is -2.50. The quantitative estimate of drug-likeness (QED) is 0.645. The van der Waals surface area contributed by atoms with Gasteiger partial charge in [0.2, 0.25) is 0 Å². The van der Waals surface area contributed by atoms with Crippen LogP contribution in [-0.4, -0.2) is 23.0 Å². The Morgan fingerprint density at radius 2 is 1.96 bits per heavy atom. The van der Waals surface area contributed by atoms with Crippen LogP contribution in [0.15, 0.2) is 48.6 Å². The van der Waals surface area contributed by atoms with Gasteiger partial charge in [-0.25, -0.2) is 4.79 Å². The number of fused-ring (bicyclic) bond motifs is 3. The molecule has 0 aromatic heterocycles. The van der Waals surface area contributed by atoms with E-state index in [9.17, 15) is 14.7 Å². The third-order valence-corrected chi connectivity index (χ3v) is 5.61. The Labute approximate surface area is 166 Å².